The van der Waals surface area contributed by atoms with Crippen LogP contribution in [0.2, 0.25) is 0 Å². The van der Waals surface area contributed by atoms with E-state index in [1.807, 2.05) is 60.7 Å². The standard InChI is InChI=1S/C14H14N2O/c15-13(11-7-3-1-4-8-11)14(16,17-13)12-9-5-2-6-10-12/h1-10H,15-16H2. The van der Waals surface area contributed by atoms with Gasteiger partial charge in [-0.05, 0) is 0 Å². The second-order valence-corrected chi connectivity index (χ2v) is 4.31. The molecule has 4 N–H and O–H groups in total. The quantitative estimate of drug-likeness (QED) is 0.765. The summed E-state index contributed by atoms with van der Waals surface area (Å²) in [5.74, 6) is 0. The smallest absolute Gasteiger partial charge is 0.193 e. The largest absolute Gasteiger partial charge is 0.322 e. The molecule has 17 heavy (non-hydrogen) atoms. The molecule has 0 bridgehead atoms. The minimum atomic E-state index is -0.921. The summed E-state index contributed by atoms with van der Waals surface area (Å²) in [6.07, 6.45) is 0. The SMILES string of the molecule is NC1(c2ccccc2)OC1(N)c1ccccc1. The van der Waals surface area contributed by atoms with Crippen molar-refractivity contribution >= 4 is 0 Å². The molecule has 3 heteroatoms. The Hall–Kier alpha value is -1.68. The maximum atomic E-state index is 6.23. The predicted molar refractivity (Wildman–Crippen MR) is 65.7 cm³/mol. The summed E-state index contributed by atoms with van der Waals surface area (Å²) in [6, 6.07) is 19.3. The van der Waals surface area contributed by atoms with Gasteiger partial charge in [-0.3, -0.25) is 11.5 Å². The maximum Gasteiger partial charge on any atom is 0.193 e. The molecule has 1 heterocycles. The molecule has 0 saturated carbocycles. The van der Waals surface area contributed by atoms with E-state index in [0.717, 1.165) is 11.1 Å². The van der Waals surface area contributed by atoms with Crippen LogP contribution in [-0.4, -0.2) is 0 Å². The molecule has 1 saturated heterocycles. The van der Waals surface area contributed by atoms with E-state index in [-0.39, 0.29) is 0 Å². The minimum Gasteiger partial charge on any atom is -0.322 e. The van der Waals surface area contributed by atoms with Crippen LogP contribution in [0.1, 0.15) is 11.1 Å². The molecule has 1 aliphatic rings. The van der Waals surface area contributed by atoms with Crippen LogP contribution in [0.15, 0.2) is 60.7 Å². The Labute approximate surface area is 100 Å². The number of rotatable bonds is 2. The number of epoxide rings is 1. The third kappa shape index (κ3) is 1.41. The Morgan fingerprint density at radius 3 is 1.35 bits per heavy atom. The molecule has 86 valence electrons. The summed E-state index contributed by atoms with van der Waals surface area (Å²) in [5, 5.41) is 0. The van der Waals surface area contributed by atoms with Crippen molar-refractivity contribution in [2.45, 2.75) is 11.4 Å². The van der Waals surface area contributed by atoms with Crippen molar-refractivity contribution in [2.24, 2.45) is 11.5 Å². The van der Waals surface area contributed by atoms with Crippen molar-refractivity contribution in [3.05, 3.63) is 71.8 Å². The Morgan fingerprint density at radius 1 is 0.647 bits per heavy atom. The fourth-order valence-electron chi connectivity index (χ4n) is 2.15. The van der Waals surface area contributed by atoms with Gasteiger partial charge < -0.3 is 4.74 Å². The zero-order valence-electron chi connectivity index (χ0n) is 9.34. The van der Waals surface area contributed by atoms with E-state index in [0.29, 0.717) is 0 Å². The molecule has 2 unspecified atom stereocenters. The predicted octanol–water partition coefficient (Wildman–Crippen LogP) is 1.64. The van der Waals surface area contributed by atoms with Gasteiger partial charge in [0.15, 0.2) is 11.4 Å². The first-order valence-electron chi connectivity index (χ1n) is 5.56. The van der Waals surface area contributed by atoms with Gasteiger partial charge >= 0.3 is 0 Å². The molecule has 0 aromatic heterocycles. The molecule has 2 aromatic carbocycles. The lowest BCUT2D eigenvalue weighted by atomic mass is 9.95. The summed E-state index contributed by atoms with van der Waals surface area (Å²) in [6.45, 7) is 0. The van der Waals surface area contributed by atoms with Gasteiger partial charge in [-0.1, -0.05) is 60.7 Å². The molecule has 1 fully saturated rings. The second-order valence-electron chi connectivity index (χ2n) is 4.31. The average molecular weight is 226 g/mol. The molecule has 0 aliphatic carbocycles. The van der Waals surface area contributed by atoms with Crippen LogP contribution in [-0.2, 0) is 16.2 Å². The van der Waals surface area contributed by atoms with E-state index >= 15 is 0 Å². The average Bonchev–Trinajstić information content (AvgIpc) is 2.97. The van der Waals surface area contributed by atoms with E-state index in [1.54, 1.807) is 0 Å². The topological polar surface area (TPSA) is 64.6 Å². The summed E-state index contributed by atoms with van der Waals surface area (Å²) in [5.41, 5.74) is 12.4. The fraction of sp³-hybridized carbons (Fsp3) is 0.143. The summed E-state index contributed by atoms with van der Waals surface area (Å²) in [7, 11) is 0. The van der Waals surface area contributed by atoms with Gasteiger partial charge in [0.25, 0.3) is 0 Å². The van der Waals surface area contributed by atoms with E-state index in [4.69, 9.17) is 16.2 Å². The third-order valence-corrected chi connectivity index (χ3v) is 3.24. The molecular formula is C14H14N2O. The number of ether oxygens (including phenoxy) is 1. The molecule has 3 rings (SSSR count). The van der Waals surface area contributed by atoms with Crippen LogP contribution in [0.25, 0.3) is 0 Å². The van der Waals surface area contributed by atoms with Gasteiger partial charge in [0, 0.05) is 11.1 Å². The lowest BCUT2D eigenvalue weighted by Crippen LogP contribution is -2.37. The van der Waals surface area contributed by atoms with Crippen LogP contribution >= 0.6 is 0 Å². The molecular weight excluding hydrogens is 212 g/mol. The number of nitrogens with two attached hydrogens (primary N) is 2. The highest BCUT2D eigenvalue weighted by Gasteiger charge is 2.68. The van der Waals surface area contributed by atoms with E-state index in [9.17, 15) is 0 Å². The fourth-order valence-corrected chi connectivity index (χ4v) is 2.15. The van der Waals surface area contributed by atoms with E-state index in [2.05, 4.69) is 0 Å². The first-order valence-corrected chi connectivity index (χ1v) is 5.56. The van der Waals surface area contributed by atoms with Crippen LogP contribution in [0.5, 0.6) is 0 Å². The van der Waals surface area contributed by atoms with Crippen molar-refractivity contribution in [3.63, 3.8) is 0 Å². The zero-order valence-corrected chi connectivity index (χ0v) is 9.34. The van der Waals surface area contributed by atoms with Gasteiger partial charge in [-0.2, -0.15) is 0 Å². The van der Waals surface area contributed by atoms with Crippen LogP contribution in [0, 0.1) is 0 Å². The van der Waals surface area contributed by atoms with Gasteiger partial charge in [-0.25, -0.2) is 0 Å². The number of benzene rings is 2. The van der Waals surface area contributed by atoms with E-state index in [1.165, 1.54) is 0 Å². The Bertz CT molecular complexity index is 479. The summed E-state index contributed by atoms with van der Waals surface area (Å²) in [4.78, 5) is 0. The Morgan fingerprint density at radius 2 is 1.00 bits per heavy atom. The Balaban J connectivity index is 2.00. The Kier molecular flexibility index (Phi) is 2.10. The normalized spacial score (nSPS) is 31.2. The maximum absolute atomic E-state index is 6.23. The number of hydrogen-bond acceptors (Lipinski definition) is 3. The molecule has 0 spiro atoms. The third-order valence-electron chi connectivity index (χ3n) is 3.24. The van der Waals surface area contributed by atoms with Crippen molar-refractivity contribution in [1.29, 1.82) is 0 Å². The van der Waals surface area contributed by atoms with Crippen LogP contribution < -0.4 is 11.5 Å². The molecule has 2 atom stereocenters. The van der Waals surface area contributed by atoms with Crippen molar-refractivity contribution in [2.75, 3.05) is 0 Å². The van der Waals surface area contributed by atoms with Gasteiger partial charge in [0.05, 0.1) is 0 Å². The summed E-state index contributed by atoms with van der Waals surface area (Å²) < 4.78 is 5.62. The molecule has 0 radical (unpaired) electrons. The zero-order chi connectivity index (χ0) is 11.9. The van der Waals surface area contributed by atoms with Gasteiger partial charge in [0.1, 0.15) is 0 Å². The van der Waals surface area contributed by atoms with Crippen molar-refractivity contribution < 1.29 is 4.74 Å². The monoisotopic (exact) mass is 226 g/mol. The molecule has 0 amide bonds. The highest BCUT2D eigenvalue weighted by Crippen LogP contribution is 2.54. The van der Waals surface area contributed by atoms with Crippen molar-refractivity contribution in [1.82, 2.24) is 0 Å². The minimum absolute atomic E-state index is 0.895. The van der Waals surface area contributed by atoms with Gasteiger partial charge in [-0.15, -0.1) is 0 Å². The van der Waals surface area contributed by atoms with E-state index < -0.39 is 11.4 Å². The van der Waals surface area contributed by atoms with Crippen LogP contribution in [0.4, 0.5) is 0 Å². The first-order chi connectivity index (χ1) is 8.17. The lowest BCUT2D eigenvalue weighted by molar-refractivity contribution is 0.268. The molecule has 2 aromatic rings. The second kappa shape index (κ2) is 3.40. The van der Waals surface area contributed by atoms with Crippen molar-refractivity contribution in [3.8, 4) is 0 Å². The van der Waals surface area contributed by atoms with Crippen LogP contribution in [0.3, 0.4) is 0 Å². The number of hydrogen-bond donors (Lipinski definition) is 2. The highest BCUT2D eigenvalue weighted by atomic mass is 16.7. The molecule has 3 nitrogen and oxygen atoms in total. The highest BCUT2D eigenvalue weighted by molar-refractivity contribution is 5.38. The lowest BCUT2D eigenvalue weighted by Gasteiger charge is -2.12. The first kappa shape index (κ1) is 10.5. The molecule has 1 aliphatic heterocycles. The summed E-state index contributed by atoms with van der Waals surface area (Å²) >= 11 is 0. The van der Waals surface area contributed by atoms with Gasteiger partial charge in [0.2, 0.25) is 0 Å².